The number of amides is 1. The van der Waals surface area contributed by atoms with Gasteiger partial charge in [0.2, 0.25) is 0 Å². The summed E-state index contributed by atoms with van der Waals surface area (Å²) in [7, 11) is 0. The predicted octanol–water partition coefficient (Wildman–Crippen LogP) is 4.50. The number of hydrogen-bond acceptors (Lipinski definition) is 7. The van der Waals surface area contributed by atoms with Crippen LogP contribution in [0.2, 0.25) is 0 Å². The van der Waals surface area contributed by atoms with Crippen molar-refractivity contribution >= 4 is 22.6 Å². The van der Waals surface area contributed by atoms with Gasteiger partial charge in [-0.1, -0.05) is 0 Å². The zero-order valence-corrected chi connectivity index (χ0v) is 19.9. The fraction of sp³-hybridized carbons (Fsp3) is 0.269. The van der Waals surface area contributed by atoms with E-state index < -0.39 is 17.8 Å². The number of aromatic nitrogens is 4. The van der Waals surface area contributed by atoms with Crippen LogP contribution >= 0.6 is 0 Å². The van der Waals surface area contributed by atoms with Crippen molar-refractivity contribution in [2.45, 2.75) is 38.7 Å². The van der Waals surface area contributed by atoms with E-state index in [-0.39, 0.29) is 12.5 Å². The number of fused-ring (bicyclic) bond motifs is 3. The van der Waals surface area contributed by atoms with Crippen LogP contribution in [0.1, 0.15) is 51.5 Å². The molecule has 8 nitrogen and oxygen atoms in total. The summed E-state index contributed by atoms with van der Waals surface area (Å²) in [5.74, 6) is 0.458. The van der Waals surface area contributed by atoms with Gasteiger partial charge in [0.1, 0.15) is 11.6 Å². The third-order valence-electron chi connectivity index (χ3n) is 6.40. The topological polar surface area (TPSA) is 107 Å². The van der Waals surface area contributed by atoms with Gasteiger partial charge in [-0.3, -0.25) is 9.78 Å². The summed E-state index contributed by atoms with van der Waals surface area (Å²) < 4.78 is 44.6. The Morgan fingerprint density at radius 1 is 1.14 bits per heavy atom. The van der Waals surface area contributed by atoms with Crippen molar-refractivity contribution in [3.63, 3.8) is 0 Å². The van der Waals surface area contributed by atoms with E-state index in [1.54, 1.807) is 43.6 Å². The molecule has 0 aliphatic carbocycles. The fourth-order valence-electron chi connectivity index (χ4n) is 4.39. The molecule has 4 aromatic rings. The molecule has 0 radical (unpaired) electrons. The van der Waals surface area contributed by atoms with E-state index in [9.17, 15) is 18.0 Å². The first-order valence-corrected chi connectivity index (χ1v) is 11.6. The number of benzene rings is 1. The van der Waals surface area contributed by atoms with Crippen LogP contribution in [0, 0.1) is 0 Å². The second kappa shape index (κ2) is 9.74. The van der Waals surface area contributed by atoms with E-state index in [0.29, 0.717) is 48.1 Å². The Kier molecular flexibility index (Phi) is 6.46. The molecule has 0 spiro atoms. The molecule has 1 aliphatic rings. The van der Waals surface area contributed by atoms with Gasteiger partial charge in [0, 0.05) is 35.1 Å². The largest absolute Gasteiger partial charge is 0.417 e. The third kappa shape index (κ3) is 4.94. The van der Waals surface area contributed by atoms with Crippen molar-refractivity contribution in [2.24, 2.45) is 0 Å². The third-order valence-corrected chi connectivity index (χ3v) is 6.40. The van der Waals surface area contributed by atoms with Crippen molar-refractivity contribution in [3.05, 3.63) is 88.8 Å². The van der Waals surface area contributed by atoms with E-state index in [1.807, 2.05) is 0 Å². The Balaban J connectivity index is 1.53. The van der Waals surface area contributed by atoms with E-state index in [0.717, 1.165) is 28.8 Å². The Morgan fingerprint density at radius 3 is 2.62 bits per heavy atom. The molecular formula is C26H23F3N6O2. The number of nitrogens with zero attached hydrogens (tertiary/aromatic N) is 5. The maximum atomic E-state index is 13.9. The minimum Gasteiger partial charge on any atom is -0.383 e. The molecule has 3 aromatic heterocycles. The first kappa shape index (κ1) is 24.6. The standard InChI is InChI=1S/C26H23F3N6O2/c1-15(24-31-8-2-9-32-24)35(13-18-5-4-17(12-33-18)26(27,28)29)25(36)16-3-6-22-20(11-16)19-7-10-37-14-21(19)23(30)34-22/h2-6,8-9,11-12,15H,7,10,13-14H2,1H3,(H2,30,34). The van der Waals surface area contributed by atoms with Crippen molar-refractivity contribution in [1.82, 2.24) is 24.8 Å². The zero-order chi connectivity index (χ0) is 26.2. The van der Waals surface area contributed by atoms with Crippen LogP contribution in [-0.4, -0.2) is 37.3 Å². The van der Waals surface area contributed by atoms with Gasteiger partial charge in [0.15, 0.2) is 0 Å². The lowest BCUT2D eigenvalue weighted by atomic mass is 9.97. The first-order valence-electron chi connectivity index (χ1n) is 11.6. The predicted molar refractivity (Wildman–Crippen MR) is 129 cm³/mol. The second-order valence-corrected chi connectivity index (χ2v) is 8.74. The fourth-order valence-corrected chi connectivity index (χ4v) is 4.39. The van der Waals surface area contributed by atoms with Crippen molar-refractivity contribution in [3.8, 4) is 0 Å². The highest BCUT2D eigenvalue weighted by molar-refractivity contribution is 5.99. The number of carbonyl (C=O) groups excluding carboxylic acids is 1. The minimum atomic E-state index is -4.50. The number of anilines is 1. The van der Waals surface area contributed by atoms with Crippen molar-refractivity contribution in [2.75, 3.05) is 12.3 Å². The summed E-state index contributed by atoms with van der Waals surface area (Å²) in [4.78, 5) is 32.3. The maximum absolute atomic E-state index is 13.9. The number of rotatable bonds is 5. The maximum Gasteiger partial charge on any atom is 0.417 e. The lowest BCUT2D eigenvalue weighted by molar-refractivity contribution is -0.137. The average Bonchev–Trinajstić information content (AvgIpc) is 2.91. The molecule has 11 heteroatoms. The van der Waals surface area contributed by atoms with E-state index in [4.69, 9.17) is 10.5 Å². The molecule has 0 fully saturated rings. The van der Waals surface area contributed by atoms with Crippen LogP contribution < -0.4 is 5.73 Å². The van der Waals surface area contributed by atoms with Crippen LogP contribution in [-0.2, 0) is 30.5 Å². The number of alkyl halides is 3. The van der Waals surface area contributed by atoms with Gasteiger partial charge < -0.3 is 15.4 Å². The average molecular weight is 509 g/mol. The molecular weight excluding hydrogens is 485 g/mol. The van der Waals surface area contributed by atoms with E-state index >= 15 is 0 Å². The normalized spacial score (nSPS) is 14.3. The number of carbonyl (C=O) groups is 1. The summed E-state index contributed by atoms with van der Waals surface area (Å²) in [5.41, 5.74) is 8.45. The molecule has 0 saturated carbocycles. The van der Waals surface area contributed by atoms with Crippen molar-refractivity contribution in [1.29, 1.82) is 0 Å². The van der Waals surface area contributed by atoms with Gasteiger partial charge in [0.25, 0.3) is 5.91 Å². The van der Waals surface area contributed by atoms with Gasteiger partial charge in [-0.15, -0.1) is 0 Å². The number of nitrogens with two attached hydrogens (primary N) is 1. The van der Waals surface area contributed by atoms with Gasteiger partial charge in [0.05, 0.1) is 42.6 Å². The van der Waals surface area contributed by atoms with Gasteiger partial charge in [-0.2, -0.15) is 13.2 Å². The molecule has 0 saturated heterocycles. The summed E-state index contributed by atoms with van der Waals surface area (Å²) in [6, 6.07) is 8.48. The molecule has 1 unspecified atom stereocenters. The minimum absolute atomic E-state index is 0.0413. The Bertz CT molecular complexity index is 1450. The molecule has 1 aromatic carbocycles. The quantitative estimate of drug-likeness (QED) is 0.423. The monoisotopic (exact) mass is 508 g/mol. The molecule has 1 atom stereocenters. The van der Waals surface area contributed by atoms with Crippen LogP contribution in [0.4, 0.5) is 19.0 Å². The molecule has 4 heterocycles. The van der Waals surface area contributed by atoms with Crippen LogP contribution in [0.25, 0.3) is 10.9 Å². The SMILES string of the molecule is CC(c1ncccn1)N(Cc1ccc(C(F)(F)F)cn1)C(=O)c1ccc2nc(N)c3c(c2c1)CCOC3. The van der Waals surface area contributed by atoms with Crippen LogP contribution in [0.3, 0.4) is 0 Å². The van der Waals surface area contributed by atoms with Gasteiger partial charge in [-0.25, -0.2) is 15.0 Å². The second-order valence-electron chi connectivity index (χ2n) is 8.74. The van der Waals surface area contributed by atoms with E-state index in [2.05, 4.69) is 19.9 Å². The summed E-state index contributed by atoms with van der Waals surface area (Å²) in [5, 5.41) is 0.814. The lowest BCUT2D eigenvalue weighted by Crippen LogP contribution is -2.34. The van der Waals surface area contributed by atoms with Gasteiger partial charge >= 0.3 is 6.18 Å². The smallest absolute Gasteiger partial charge is 0.383 e. The highest BCUT2D eigenvalue weighted by atomic mass is 19.4. The number of pyridine rings is 2. The summed E-state index contributed by atoms with van der Waals surface area (Å²) in [6.45, 7) is 2.62. The Hall–Kier alpha value is -4.12. The summed E-state index contributed by atoms with van der Waals surface area (Å²) in [6.07, 6.45) is 0.0430. The highest BCUT2D eigenvalue weighted by Crippen LogP contribution is 2.32. The molecule has 37 heavy (non-hydrogen) atoms. The lowest BCUT2D eigenvalue weighted by Gasteiger charge is -2.28. The molecule has 190 valence electrons. The van der Waals surface area contributed by atoms with Crippen LogP contribution in [0.15, 0.2) is 55.0 Å². The first-order chi connectivity index (χ1) is 17.7. The molecule has 1 aliphatic heterocycles. The molecule has 1 amide bonds. The Labute approximate surface area is 210 Å². The number of hydrogen-bond donors (Lipinski definition) is 1. The van der Waals surface area contributed by atoms with Crippen LogP contribution in [0.5, 0.6) is 0 Å². The highest BCUT2D eigenvalue weighted by Gasteiger charge is 2.31. The number of halogens is 3. The van der Waals surface area contributed by atoms with Crippen molar-refractivity contribution < 1.29 is 22.7 Å². The van der Waals surface area contributed by atoms with Gasteiger partial charge in [-0.05, 0) is 55.3 Å². The molecule has 2 N–H and O–H groups in total. The summed E-state index contributed by atoms with van der Waals surface area (Å²) >= 11 is 0. The molecule has 0 bridgehead atoms. The zero-order valence-electron chi connectivity index (χ0n) is 19.9. The number of ether oxygens (including phenoxy) is 1. The Morgan fingerprint density at radius 2 is 1.92 bits per heavy atom. The number of nitrogen functional groups attached to an aromatic ring is 1. The van der Waals surface area contributed by atoms with E-state index in [1.165, 1.54) is 11.0 Å². The molecule has 5 rings (SSSR count).